The summed E-state index contributed by atoms with van der Waals surface area (Å²) in [6, 6.07) is 6.96. The number of hydrogen-bond donors (Lipinski definition) is 0. The topological polar surface area (TPSA) is 35.5 Å². The predicted molar refractivity (Wildman–Crippen MR) is 63.0 cm³/mol. The maximum Gasteiger partial charge on any atom is 0.198 e. The molecule has 0 amide bonds. The molecule has 3 nitrogen and oxygen atoms in total. The van der Waals surface area contributed by atoms with Crippen LogP contribution in [0.5, 0.6) is 5.75 Å². The predicted octanol–water partition coefficient (Wildman–Crippen LogP) is 2.71. The minimum absolute atomic E-state index is 0.0816. The summed E-state index contributed by atoms with van der Waals surface area (Å²) in [6.45, 7) is 4.14. The number of benzene rings is 1. The number of carbonyl (C=O) groups is 1. The summed E-state index contributed by atoms with van der Waals surface area (Å²) in [7, 11) is 0. The average Bonchev–Trinajstić information content (AvgIpc) is 2.25. The molecule has 1 atom stereocenters. The molecule has 1 aromatic carbocycles. The fourth-order valence-corrected chi connectivity index (χ4v) is 1.31. The summed E-state index contributed by atoms with van der Waals surface area (Å²) in [4.78, 5) is 11.5. The number of ether oxygens (including phenoxy) is 2. The smallest absolute Gasteiger partial charge is 0.198 e. The largest absolute Gasteiger partial charge is 0.483 e. The zero-order valence-corrected chi connectivity index (χ0v) is 10.2. The third kappa shape index (κ3) is 4.21. The molecule has 0 spiro atoms. The molecule has 0 radical (unpaired) electrons. The highest BCUT2D eigenvalue weighted by atomic mass is 35.5. The van der Waals surface area contributed by atoms with E-state index in [0.717, 1.165) is 0 Å². The van der Waals surface area contributed by atoms with Gasteiger partial charge in [-0.2, -0.15) is 0 Å². The van der Waals surface area contributed by atoms with Gasteiger partial charge >= 0.3 is 0 Å². The van der Waals surface area contributed by atoms with Crippen molar-refractivity contribution in [3.05, 3.63) is 29.3 Å². The van der Waals surface area contributed by atoms with E-state index in [-0.39, 0.29) is 12.4 Å². The van der Waals surface area contributed by atoms with Gasteiger partial charge in [0.2, 0.25) is 0 Å². The first kappa shape index (κ1) is 13.0. The Kier molecular flexibility index (Phi) is 5.29. The summed E-state index contributed by atoms with van der Waals surface area (Å²) in [6.07, 6.45) is -0.523. The number of ketones is 1. The molecular formula is C12H15ClO3. The fraction of sp³-hybridized carbons (Fsp3) is 0.417. The van der Waals surface area contributed by atoms with Crippen LogP contribution in [0.15, 0.2) is 24.3 Å². The van der Waals surface area contributed by atoms with Gasteiger partial charge < -0.3 is 9.47 Å². The van der Waals surface area contributed by atoms with Gasteiger partial charge in [0, 0.05) is 11.6 Å². The van der Waals surface area contributed by atoms with E-state index in [0.29, 0.717) is 17.4 Å². The van der Waals surface area contributed by atoms with Crippen molar-refractivity contribution in [2.75, 3.05) is 13.2 Å². The molecule has 16 heavy (non-hydrogen) atoms. The van der Waals surface area contributed by atoms with Gasteiger partial charge in [0.25, 0.3) is 0 Å². The monoisotopic (exact) mass is 242 g/mol. The molecule has 0 bridgehead atoms. The third-order valence-electron chi connectivity index (χ3n) is 2.01. The quantitative estimate of drug-likeness (QED) is 0.770. The highest BCUT2D eigenvalue weighted by Crippen LogP contribution is 2.18. The zero-order valence-electron chi connectivity index (χ0n) is 9.40. The Bertz CT molecular complexity index is 352. The Morgan fingerprint density at radius 1 is 1.50 bits per heavy atom. The second kappa shape index (κ2) is 6.51. The van der Waals surface area contributed by atoms with Crippen LogP contribution < -0.4 is 4.74 Å². The van der Waals surface area contributed by atoms with E-state index < -0.39 is 6.10 Å². The number of carbonyl (C=O) groups excluding carboxylic acids is 1. The minimum Gasteiger partial charge on any atom is -0.483 e. The molecule has 0 saturated heterocycles. The van der Waals surface area contributed by atoms with Crippen molar-refractivity contribution in [2.45, 2.75) is 20.0 Å². The van der Waals surface area contributed by atoms with Crippen LogP contribution in [0.4, 0.5) is 0 Å². The van der Waals surface area contributed by atoms with Crippen molar-refractivity contribution in [3.8, 4) is 5.75 Å². The molecule has 0 aliphatic carbocycles. The molecule has 1 unspecified atom stereocenters. The molecule has 4 heteroatoms. The highest BCUT2D eigenvalue weighted by molar-refractivity contribution is 6.30. The van der Waals surface area contributed by atoms with Crippen LogP contribution in [0.1, 0.15) is 13.8 Å². The minimum atomic E-state index is -0.523. The molecule has 0 N–H and O–H groups in total. The first-order valence-electron chi connectivity index (χ1n) is 5.16. The fourth-order valence-electron chi connectivity index (χ4n) is 1.13. The van der Waals surface area contributed by atoms with E-state index in [1.54, 1.807) is 31.2 Å². The van der Waals surface area contributed by atoms with Gasteiger partial charge in [-0.3, -0.25) is 4.79 Å². The van der Waals surface area contributed by atoms with E-state index >= 15 is 0 Å². The van der Waals surface area contributed by atoms with Crippen LogP contribution in [0.25, 0.3) is 0 Å². The zero-order chi connectivity index (χ0) is 12.0. The van der Waals surface area contributed by atoms with Gasteiger partial charge in [0.1, 0.15) is 12.4 Å². The highest BCUT2D eigenvalue weighted by Gasteiger charge is 2.14. The van der Waals surface area contributed by atoms with E-state index in [1.807, 2.05) is 6.92 Å². The normalized spacial score (nSPS) is 12.2. The second-order valence-electron chi connectivity index (χ2n) is 3.32. The van der Waals surface area contributed by atoms with Crippen molar-refractivity contribution in [1.82, 2.24) is 0 Å². The number of hydrogen-bond acceptors (Lipinski definition) is 3. The molecule has 1 rings (SSSR count). The van der Waals surface area contributed by atoms with Crippen molar-refractivity contribution < 1.29 is 14.3 Å². The van der Waals surface area contributed by atoms with Gasteiger partial charge in [0.15, 0.2) is 11.9 Å². The molecule has 0 heterocycles. The first-order valence-corrected chi connectivity index (χ1v) is 5.54. The van der Waals surface area contributed by atoms with Crippen LogP contribution >= 0.6 is 11.6 Å². The summed E-state index contributed by atoms with van der Waals surface area (Å²) < 4.78 is 10.5. The van der Waals surface area contributed by atoms with Crippen LogP contribution in [0.3, 0.4) is 0 Å². The molecule has 88 valence electrons. The van der Waals surface area contributed by atoms with E-state index in [4.69, 9.17) is 21.1 Å². The molecule has 1 aromatic rings. The Balaban J connectivity index is 2.50. The lowest BCUT2D eigenvalue weighted by Crippen LogP contribution is -2.27. The lowest BCUT2D eigenvalue weighted by Gasteiger charge is -2.13. The number of halogens is 1. The van der Waals surface area contributed by atoms with Gasteiger partial charge in [-0.1, -0.05) is 17.7 Å². The van der Waals surface area contributed by atoms with Crippen LogP contribution in [-0.4, -0.2) is 25.1 Å². The SMILES string of the molecule is CCOCC(=O)C(C)Oc1cccc(Cl)c1. The molecular weight excluding hydrogens is 228 g/mol. The van der Waals surface area contributed by atoms with E-state index in [2.05, 4.69) is 0 Å². The van der Waals surface area contributed by atoms with Crippen molar-refractivity contribution in [2.24, 2.45) is 0 Å². The summed E-state index contributed by atoms with van der Waals surface area (Å²) in [5.41, 5.74) is 0. The van der Waals surface area contributed by atoms with Crippen molar-refractivity contribution >= 4 is 17.4 Å². The lowest BCUT2D eigenvalue weighted by atomic mass is 10.2. The number of Topliss-reactive ketones (excluding diaryl/α,β-unsaturated/α-hetero) is 1. The Morgan fingerprint density at radius 3 is 2.88 bits per heavy atom. The lowest BCUT2D eigenvalue weighted by molar-refractivity contribution is -0.129. The maximum absolute atomic E-state index is 11.5. The van der Waals surface area contributed by atoms with Gasteiger partial charge in [0.05, 0.1) is 0 Å². The molecule has 0 aromatic heterocycles. The van der Waals surface area contributed by atoms with Crippen molar-refractivity contribution in [1.29, 1.82) is 0 Å². The second-order valence-corrected chi connectivity index (χ2v) is 3.76. The van der Waals surface area contributed by atoms with Gasteiger partial charge in [-0.05, 0) is 32.0 Å². The molecule has 0 aliphatic heterocycles. The Morgan fingerprint density at radius 2 is 2.25 bits per heavy atom. The Labute approximate surface area is 100 Å². The Hall–Kier alpha value is -1.06. The summed E-state index contributed by atoms with van der Waals surface area (Å²) >= 11 is 5.80. The third-order valence-corrected chi connectivity index (χ3v) is 2.25. The molecule has 0 aliphatic rings. The summed E-state index contributed by atoms with van der Waals surface area (Å²) in [5, 5.41) is 0.585. The van der Waals surface area contributed by atoms with Gasteiger partial charge in [-0.15, -0.1) is 0 Å². The van der Waals surface area contributed by atoms with Crippen LogP contribution in [0, 0.1) is 0 Å². The van der Waals surface area contributed by atoms with E-state index in [1.165, 1.54) is 0 Å². The standard InChI is InChI=1S/C12H15ClO3/c1-3-15-8-12(14)9(2)16-11-6-4-5-10(13)7-11/h4-7,9H,3,8H2,1-2H3. The molecule has 0 fully saturated rings. The summed E-state index contributed by atoms with van der Waals surface area (Å²) in [5.74, 6) is 0.506. The van der Waals surface area contributed by atoms with Crippen LogP contribution in [0.2, 0.25) is 5.02 Å². The van der Waals surface area contributed by atoms with Crippen molar-refractivity contribution in [3.63, 3.8) is 0 Å². The average molecular weight is 243 g/mol. The van der Waals surface area contributed by atoms with Crippen LogP contribution in [-0.2, 0) is 9.53 Å². The number of rotatable bonds is 6. The maximum atomic E-state index is 11.5. The first-order chi connectivity index (χ1) is 7.63. The van der Waals surface area contributed by atoms with Gasteiger partial charge in [-0.25, -0.2) is 0 Å². The molecule has 0 saturated carbocycles. The van der Waals surface area contributed by atoms with E-state index in [9.17, 15) is 4.79 Å².